The molecule has 0 bridgehead atoms. The van der Waals surface area contributed by atoms with E-state index >= 15 is 0 Å². The molecule has 1 aliphatic heterocycles. The van der Waals surface area contributed by atoms with Gasteiger partial charge in [-0.05, 0) is 43.9 Å². The number of aryl methyl sites for hydroxylation is 1. The van der Waals surface area contributed by atoms with Crippen molar-refractivity contribution in [3.05, 3.63) is 64.9 Å². The highest BCUT2D eigenvalue weighted by molar-refractivity contribution is 6.30. The minimum absolute atomic E-state index is 0.758. The van der Waals surface area contributed by atoms with Crippen molar-refractivity contribution in [2.75, 3.05) is 11.4 Å². The SMILES string of the molecule is Cc1cc(N2[CH]CCCC2)n2nc(Cc3ccc(Cl)cc3)cc2n1. The number of hydrogen-bond acceptors (Lipinski definition) is 3. The van der Waals surface area contributed by atoms with Crippen molar-refractivity contribution in [1.82, 2.24) is 14.6 Å². The van der Waals surface area contributed by atoms with Crippen molar-refractivity contribution in [2.45, 2.75) is 32.6 Å². The van der Waals surface area contributed by atoms with Gasteiger partial charge in [0.25, 0.3) is 0 Å². The quantitative estimate of drug-likeness (QED) is 0.707. The van der Waals surface area contributed by atoms with E-state index in [9.17, 15) is 0 Å². The highest BCUT2D eigenvalue weighted by atomic mass is 35.5. The van der Waals surface area contributed by atoms with Crippen LogP contribution in [0.15, 0.2) is 36.4 Å². The van der Waals surface area contributed by atoms with Crippen molar-refractivity contribution in [1.29, 1.82) is 0 Å². The lowest BCUT2D eigenvalue weighted by Gasteiger charge is -2.28. The van der Waals surface area contributed by atoms with E-state index in [-0.39, 0.29) is 0 Å². The fraction of sp³-hybridized carbons (Fsp3) is 0.316. The van der Waals surface area contributed by atoms with Crippen LogP contribution in [0.25, 0.3) is 5.65 Å². The molecule has 3 aromatic rings. The lowest BCUT2D eigenvalue weighted by Crippen LogP contribution is -2.27. The standard InChI is InChI=1S/C19H20ClN4/c1-14-11-19(23-9-3-2-4-10-23)24-18(21-14)13-17(22-24)12-15-5-7-16(20)8-6-15/h5-9,11,13H,2-4,10,12H2,1H3. The van der Waals surface area contributed by atoms with Gasteiger partial charge in [0.15, 0.2) is 5.65 Å². The first-order valence-corrected chi connectivity index (χ1v) is 8.77. The first kappa shape index (κ1) is 15.5. The Bertz CT molecular complexity index is 848. The van der Waals surface area contributed by atoms with E-state index in [1.165, 1.54) is 18.4 Å². The number of anilines is 1. The van der Waals surface area contributed by atoms with Crippen LogP contribution in [0, 0.1) is 13.5 Å². The van der Waals surface area contributed by atoms with Gasteiger partial charge in [-0.3, -0.25) is 0 Å². The van der Waals surface area contributed by atoms with E-state index in [2.05, 4.69) is 28.6 Å². The number of hydrogen-bond donors (Lipinski definition) is 0. The fourth-order valence-electron chi connectivity index (χ4n) is 3.20. The molecule has 1 aliphatic rings. The number of aromatic nitrogens is 3. The molecule has 0 amide bonds. The number of halogens is 1. The normalized spacial score (nSPS) is 15.2. The van der Waals surface area contributed by atoms with Crippen LogP contribution in [0.4, 0.5) is 5.82 Å². The third kappa shape index (κ3) is 3.11. The summed E-state index contributed by atoms with van der Waals surface area (Å²) < 4.78 is 1.97. The van der Waals surface area contributed by atoms with Crippen LogP contribution in [0.3, 0.4) is 0 Å². The molecule has 0 unspecified atom stereocenters. The van der Waals surface area contributed by atoms with E-state index in [0.717, 1.165) is 47.3 Å². The van der Waals surface area contributed by atoms with Gasteiger partial charge >= 0.3 is 0 Å². The zero-order chi connectivity index (χ0) is 16.5. The van der Waals surface area contributed by atoms with Crippen molar-refractivity contribution in [3.63, 3.8) is 0 Å². The van der Waals surface area contributed by atoms with Crippen LogP contribution in [-0.2, 0) is 6.42 Å². The predicted molar refractivity (Wildman–Crippen MR) is 97.5 cm³/mol. The van der Waals surface area contributed by atoms with Crippen LogP contribution < -0.4 is 4.90 Å². The molecule has 0 N–H and O–H groups in total. The van der Waals surface area contributed by atoms with Crippen LogP contribution >= 0.6 is 11.6 Å². The van der Waals surface area contributed by atoms with E-state index in [1.54, 1.807) is 0 Å². The number of rotatable bonds is 3. The molecule has 3 heterocycles. The predicted octanol–water partition coefficient (Wildman–Crippen LogP) is 4.43. The number of fused-ring (bicyclic) bond motifs is 1. The van der Waals surface area contributed by atoms with Gasteiger partial charge in [-0.1, -0.05) is 23.7 Å². The van der Waals surface area contributed by atoms with Gasteiger partial charge in [0.2, 0.25) is 0 Å². The number of benzene rings is 1. The largest absolute Gasteiger partial charge is 0.351 e. The smallest absolute Gasteiger partial charge is 0.157 e. The topological polar surface area (TPSA) is 33.4 Å². The molecule has 123 valence electrons. The summed E-state index contributed by atoms with van der Waals surface area (Å²) in [5, 5.41) is 5.56. The van der Waals surface area contributed by atoms with Gasteiger partial charge in [-0.15, -0.1) is 0 Å². The summed E-state index contributed by atoms with van der Waals surface area (Å²) in [5.41, 5.74) is 4.15. The summed E-state index contributed by atoms with van der Waals surface area (Å²) in [4.78, 5) is 6.96. The molecule has 0 saturated carbocycles. The Balaban J connectivity index is 1.70. The van der Waals surface area contributed by atoms with E-state index in [1.807, 2.05) is 35.7 Å². The Kier molecular flexibility index (Phi) is 4.15. The lowest BCUT2D eigenvalue weighted by molar-refractivity contribution is 0.621. The average molecular weight is 340 g/mol. The Labute approximate surface area is 147 Å². The minimum Gasteiger partial charge on any atom is -0.351 e. The molecule has 1 fully saturated rings. The molecular formula is C19H20ClN4. The summed E-state index contributed by atoms with van der Waals surface area (Å²) >= 11 is 5.96. The van der Waals surface area contributed by atoms with Gasteiger partial charge in [-0.2, -0.15) is 9.61 Å². The van der Waals surface area contributed by atoms with Crippen LogP contribution in [0.5, 0.6) is 0 Å². The maximum absolute atomic E-state index is 5.96. The van der Waals surface area contributed by atoms with E-state index < -0.39 is 0 Å². The van der Waals surface area contributed by atoms with Crippen molar-refractivity contribution in [3.8, 4) is 0 Å². The molecule has 1 saturated heterocycles. The third-order valence-electron chi connectivity index (χ3n) is 4.38. The van der Waals surface area contributed by atoms with Crippen LogP contribution in [0.1, 0.15) is 36.2 Å². The average Bonchev–Trinajstić information content (AvgIpc) is 2.99. The van der Waals surface area contributed by atoms with E-state index in [0.29, 0.717) is 0 Å². The molecule has 1 radical (unpaired) electrons. The molecule has 0 aliphatic carbocycles. The van der Waals surface area contributed by atoms with Gasteiger partial charge < -0.3 is 4.90 Å². The fourth-order valence-corrected chi connectivity index (χ4v) is 3.33. The Morgan fingerprint density at radius 2 is 1.96 bits per heavy atom. The zero-order valence-electron chi connectivity index (χ0n) is 13.7. The first-order chi connectivity index (χ1) is 11.7. The molecule has 4 nitrogen and oxygen atoms in total. The molecule has 1 aromatic carbocycles. The van der Waals surface area contributed by atoms with Crippen molar-refractivity contribution in [2.24, 2.45) is 0 Å². The molecule has 0 spiro atoms. The Morgan fingerprint density at radius 1 is 1.12 bits per heavy atom. The number of piperidine rings is 1. The van der Waals surface area contributed by atoms with E-state index in [4.69, 9.17) is 16.7 Å². The first-order valence-electron chi connectivity index (χ1n) is 8.40. The summed E-state index contributed by atoms with van der Waals surface area (Å²) in [7, 11) is 0. The van der Waals surface area contributed by atoms with Crippen molar-refractivity contribution < 1.29 is 0 Å². The third-order valence-corrected chi connectivity index (χ3v) is 4.63. The van der Waals surface area contributed by atoms with Gasteiger partial charge in [0.1, 0.15) is 5.82 Å². The van der Waals surface area contributed by atoms with Crippen molar-refractivity contribution >= 4 is 23.1 Å². The second-order valence-electron chi connectivity index (χ2n) is 6.34. The molecule has 5 heteroatoms. The maximum Gasteiger partial charge on any atom is 0.157 e. The maximum atomic E-state index is 5.96. The summed E-state index contributed by atoms with van der Waals surface area (Å²) in [6, 6.07) is 12.1. The van der Waals surface area contributed by atoms with Gasteiger partial charge in [-0.25, -0.2) is 4.98 Å². The molecule has 24 heavy (non-hydrogen) atoms. The highest BCUT2D eigenvalue weighted by Gasteiger charge is 2.17. The lowest BCUT2D eigenvalue weighted by atomic mass is 10.1. The van der Waals surface area contributed by atoms with Gasteiger partial charge in [0, 0.05) is 35.8 Å². The molecule has 2 aromatic heterocycles. The summed E-state index contributed by atoms with van der Waals surface area (Å²) in [6.45, 7) is 5.36. The Hall–Kier alpha value is -2.07. The molecular weight excluding hydrogens is 320 g/mol. The zero-order valence-corrected chi connectivity index (χ0v) is 14.5. The minimum atomic E-state index is 0.758. The molecule has 0 atom stereocenters. The van der Waals surface area contributed by atoms with Crippen LogP contribution in [0.2, 0.25) is 5.02 Å². The summed E-state index contributed by atoms with van der Waals surface area (Å²) in [6.07, 6.45) is 4.40. The van der Waals surface area contributed by atoms with Crippen LogP contribution in [-0.4, -0.2) is 21.1 Å². The monoisotopic (exact) mass is 339 g/mol. The Morgan fingerprint density at radius 3 is 2.71 bits per heavy atom. The molecule has 4 rings (SSSR count). The van der Waals surface area contributed by atoms with Gasteiger partial charge in [0.05, 0.1) is 12.2 Å². The number of nitrogens with zero attached hydrogens (tertiary/aromatic N) is 4. The highest BCUT2D eigenvalue weighted by Crippen LogP contribution is 2.24. The second-order valence-corrected chi connectivity index (χ2v) is 6.77. The summed E-state index contributed by atoms with van der Waals surface area (Å²) in [5.74, 6) is 1.11. The second kappa shape index (κ2) is 6.44.